The maximum absolute atomic E-state index is 3.91. The van der Waals surface area contributed by atoms with E-state index in [4.69, 9.17) is 0 Å². The SMILES string of the molecule is CCCCCCN1CC(C2CCCCC2)NCC1CCC. The highest BCUT2D eigenvalue weighted by molar-refractivity contribution is 4.90. The molecule has 0 aromatic rings. The molecule has 0 spiro atoms. The van der Waals surface area contributed by atoms with Gasteiger partial charge in [-0.2, -0.15) is 0 Å². The molecule has 1 saturated carbocycles. The lowest BCUT2D eigenvalue weighted by molar-refractivity contribution is 0.0890. The fourth-order valence-corrected chi connectivity index (χ4v) is 4.37. The van der Waals surface area contributed by atoms with E-state index in [0.717, 1.165) is 18.0 Å². The fourth-order valence-electron chi connectivity index (χ4n) is 4.37. The van der Waals surface area contributed by atoms with Crippen LogP contribution in [0.25, 0.3) is 0 Å². The van der Waals surface area contributed by atoms with Gasteiger partial charge in [0.15, 0.2) is 0 Å². The second kappa shape index (κ2) is 9.84. The minimum absolute atomic E-state index is 0.782. The molecule has 1 saturated heterocycles. The van der Waals surface area contributed by atoms with E-state index in [-0.39, 0.29) is 0 Å². The van der Waals surface area contributed by atoms with Gasteiger partial charge in [-0.25, -0.2) is 0 Å². The van der Waals surface area contributed by atoms with Gasteiger partial charge >= 0.3 is 0 Å². The number of rotatable bonds is 8. The quantitative estimate of drug-likeness (QED) is 0.659. The van der Waals surface area contributed by atoms with Crippen LogP contribution in [0, 0.1) is 5.92 Å². The molecule has 1 heterocycles. The highest BCUT2D eigenvalue weighted by Gasteiger charge is 2.31. The number of nitrogens with zero attached hydrogens (tertiary/aromatic N) is 1. The first kappa shape index (κ1) is 17.3. The van der Waals surface area contributed by atoms with Crippen LogP contribution in [0.5, 0.6) is 0 Å². The van der Waals surface area contributed by atoms with Gasteiger partial charge in [0, 0.05) is 25.2 Å². The zero-order valence-corrected chi connectivity index (χ0v) is 14.6. The molecule has 0 aromatic carbocycles. The number of hydrogen-bond donors (Lipinski definition) is 1. The van der Waals surface area contributed by atoms with Crippen molar-refractivity contribution in [2.75, 3.05) is 19.6 Å². The summed E-state index contributed by atoms with van der Waals surface area (Å²) in [6, 6.07) is 1.58. The minimum Gasteiger partial charge on any atom is -0.311 e. The maximum atomic E-state index is 3.91. The Labute approximate surface area is 133 Å². The van der Waals surface area contributed by atoms with Crippen LogP contribution in [0.2, 0.25) is 0 Å². The second-order valence-electron chi connectivity index (χ2n) is 7.41. The van der Waals surface area contributed by atoms with E-state index in [1.165, 1.54) is 90.3 Å². The summed E-state index contributed by atoms with van der Waals surface area (Å²) in [6.07, 6.45) is 15.7. The van der Waals surface area contributed by atoms with Gasteiger partial charge in [-0.15, -0.1) is 0 Å². The largest absolute Gasteiger partial charge is 0.311 e. The van der Waals surface area contributed by atoms with E-state index in [9.17, 15) is 0 Å². The fraction of sp³-hybridized carbons (Fsp3) is 1.00. The summed E-state index contributed by atoms with van der Waals surface area (Å²) in [4.78, 5) is 2.84. The van der Waals surface area contributed by atoms with Crippen LogP contribution >= 0.6 is 0 Å². The molecule has 2 rings (SSSR count). The van der Waals surface area contributed by atoms with Crippen molar-refractivity contribution < 1.29 is 0 Å². The van der Waals surface area contributed by atoms with Crippen LogP contribution in [-0.2, 0) is 0 Å². The van der Waals surface area contributed by atoms with Crippen molar-refractivity contribution in [3.63, 3.8) is 0 Å². The van der Waals surface area contributed by atoms with Crippen LogP contribution < -0.4 is 5.32 Å². The van der Waals surface area contributed by atoms with Crippen LogP contribution in [0.15, 0.2) is 0 Å². The molecule has 1 aliphatic carbocycles. The smallest absolute Gasteiger partial charge is 0.0224 e. The summed E-state index contributed by atoms with van der Waals surface area (Å²) in [7, 11) is 0. The molecule has 2 fully saturated rings. The molecular weight excluding hydrogens is 256 g/mol. The van der Waals surface area contributed by atoms with E-state index in [1.54, 1.807) is 0 Å². The lowest BCUT2D eigenvalue weighted by Gasteiger charge is -2.44. The lowest BCUT2D eigenvalue weighted by atomic mass is 9.82. The second-order valence-corrected chi connectivity index (χ2v) is 7.41. The number of hydrogen-bond acceptors (Lipinski definition) is 2. The zero-order chi connectivity index (χ0) is 14.9. The first-order valence-electron chi connectivity index (χ1n) is 9.82. The van der Waals surface area contributed by atoms with Crippen molar-refractivity contribution in [2.24, 2.45) is 5.92 Å². The van der Waals surface area contributed by atoms with Crippen molar-refractivity contribution in [1.82, 2.24) is 10.2 Å². The van der Waals surface area contributed by atoms with Gasteiger partial charge in [0.05, 0.1) is 0 Å². The Bertz CT molecular complexity index is 260. The molecule has 1 aliphatic heterocycles. The Kier molecular flexibility index (Phi) is 8.10. The van der Waals surface area contributed by atoms with Crippen molar-refractivity contribution in [3.8, 4) is 0 Å². The maximum Gasteiger partial charge on any atom is 0.0224 e. The van der Waals surface area contributed by atoms with Gasteiger partial charge in [-0.1, -0.05) is 58.8 Å². The molecular formula is C19H38N2. The minimum atomic E-state index is 0.782. The molecule has 0 aromatic heterocycles. The molecule has 2 nitrogen and oxygen atoms in total. The normalized spacial score (nSPS) is 28.9. The Morgan fingerprint density at radius 1 is 0.952 bits per heavy atom. The monoisotopic (exact) mass is 294 g/mol. The van der Waals surface area contributed by atoms with Crippen LogP contribution in [-0.4, -0.2) is 36.6 Å². The topological polar surface area (TPSA) is 15.3 Å². The van der Waals surface area contributed by atoms with Crippen molar-refractivity contribution in [2.45, 2.75) is 96.6 Å². The molecule has 21 heavy (non-hydrogen) atoms. The summed E-state index contributed by atoms with van der Waals surface area (Å²) < 4.78 is 0. The summed E-state index contributed by atoms with van der Waals surface area (Å²) in [6.45, 7) is 8.55. The Balaban J connectivity index is 1.81. The van der Waals surface area contributed by atoms with Gasteiger partial charge in [0.2, 0.25) is 0 Å². The first-order chi connectivity index (χ1) is 10.3. The Morgan fingerprint density at radius 3 is 2.48 bits per heavy atom. The third-order valence-electron chi connectivity index (χ3n) is 5.70. The first-order valence-corrected chi connectivity index (χ1v) is 9.82. The average molecular weight is 295 g/mol. The summed E-state index contributed by atoms with van der Waals surface area (Å²) in [5, 5.41) is 3.91. The number of piperazine rings is 1. The van der Waals surface area contributed by atoms with E-state index in [0.29, 0.717) is 0 Å². The highest BCUT2D eigenvalue weighted by Crippen LogP contribution is 2.29. The van der Waals surface area contributed by atoms with Crippen LogP contribution in [0.3, 0.4) is 0 Å². The van der Waals surface area contributed by atoms with Crippen LogP contribution in [0.1, 0.15) is 84.5 Å². The summed E-state index contributed by atoms with van der Waals surface area (Å²) >= 11 is 0. The van der Waals surface area contributed by atoms with Crippen molar-refractivity contribution in [3.05, 3.63) is 0 Å². The molecule has 124 valence electrons. The predicted octanol–water partition coefficient (Wildman–Crippen LogP) is 4.59. The predicted molar refractivity (Wildman–Crippen MR) is 92.8 cm³/mol. The molecule has 2 atom stereocenters. The van der Waals surface area contributed by atoms with Crippen molar-refractivity contribution >= 4 is 0 Å². The molecule has 2 heteroatoms. The van der Waals surface area contributed by atoms with Crippen molar-refractivity contribution in [1.29, 1.82) is 0 Å². The van der Waals surface area contributed by atoms with Gasteiger partial charge in [0.1, 0.15) is 0 Å². The van der Waals surface area contributed by atoms with Gasteiger partial charge in [0.25, 0.3) is 0 Å². The molecule has 0 radical (unpaired) electrons. The average Bonchev–Trinajstić information content (AvgIpc) is 2.54. The Hall–Kier alpha value is -0.0800. The van der Waals surface area contributed by atoms with E-state index < -0.39 is 0 Å². The molecule has 0 bridgehead atoms. The third-order valence-corrected chi connectivity index (χ3v) is 5.70. The molecule has 2 aliphatic rings. The lowest BCUT2D eigenvalue weighted by Crippen LogP contribution is -2.59. The van der Waals surface area contributed by atoms with E-state index in [2.05, 4.69) is 24.1 Å². The Morgan fingerprint density at radius 2 is 1.76 bits per heavy atom. The van der Waals surface area contributed by atoms with Gasteiger partial charge in [-0.3, -0.25) is 4.90 Å². The zero-order valence-electron chi connectivity index (χ0n) is 14.6. The van der Waals surface area contributed by atoms with Crippen LogP contribution in [0.4, 0.5) is 0 Å². The van der Waals surface area contributed by atoms with E-state index in [1.807, 2.05) is 0 Å². The summed E-state index contributed by atoms with van der Waals surface area (Å²) in [5.41, 5.74) is 0. The number of unbranched alkanes of at least 4 members (excludes halogenated alkanes) is 3. The molecule has 2 unspecified atom stereocenters. The molecule has 0 amide bonds. The van der Waals surface area contributed by atoms with Gasteiger partial charge in [-0.05, 0) is 38.1 Å². The van der Waals surface area contributed by atoms with E-state index >= 15 is 0 Å². The molecule has 1 N–H and O–H groups in total. The number of nitrogens with one attached hydrogen (secondary N) is 1. The van der Waals surface area contributed by atoms with Gasteiger partial charge < -0.3 is 5.32 Å². The highest BCUT2D eigenvalue weighted by atomic mass is 15.2. The standard InChI is InChI=1S/C19H38N2/c1-3-5-6-10-14-21-16-19(17-12-8-7-9-13-17)20-15-18(21)11-4-2/h17-20H,3-16H2,1-2H3. The summed E-state index contributed by atoms with van der Waals surface area (Å²) in [5.74, 6) is 0.958. The third kappa shape index (κ3) is 5.56.